The number of ether oxygens (including phenoxy) is 1. The topological polar surface area (TPSA) is 56.3 Å². The lowest BCUT2D eigenvalue weighted by atomic mass is 10.1. The fourth-order valence-electron chi connectivity index (χ4n) is 3.41. The monoisotopic (exact) mass is 348 g/mol. The minimum Gasteiger partial charge on any atom is -0.395 e. The predicted molar refractivity (Wildman–Crippen MR) is 105 cm³/mol. The third-order valence-corrected chi connectivity index (χ3v) is 4.82. The molecule has 5 heteroatoms. The van der Waals surface area contributed by atoms with Crippen molar-refractivity contribution in [1.29, 1.82) is 0 Å². The summed E-state index contributed by atoms with van der Waals surface area (Å²) in [6.07, 6.45) is 0. The zero-order valence-corrected chi connectivity index (χ0v) is 14.8. The van der Waals surface area contributed by atoms with E-state index in [1.54, 1.807) is 0 Å². The van der Waals surface area contributed by atoms with Gasteiger partial charge < -0.3 is 10.5 Å². The van der Waals surface area contributed by atoms with Gasteiger partial charge in [-0.3, -0.25) is 9.58 Å². The van der Waals surface area contributed by atoms with Crippen LogP contribution in [0.1, 0.15) is 0 Å². The van der Waals surface area contributed by atoms with Gasteiger partial charge in [0.2, 0.25) is 0 Å². The largest absolute Gasteiger partial charge is 0.395 e. The Hall–Kier alpha value is -2.63. The highest BCUT2D eigenvalue weighted by atomic mass is 16.5. The third-order valence-electron chi connectivity index (χ3n) is 4.82. The van der Waals surface area contributed by atoms with Crippen LogP contribution in [0.3, 0.4) is 0 Å². The van der Waals surface area contributed by atoms with E-state index in [9.17, 15) is 0 Å². The molecule has 0 amide bonds. The maximum absolute atomic E-state index is 6.56. The van der Waals surface area contributed by atoms with Crippen molar-refractivity contribution in [2.24, 2.45) is 0 Å². The Labute approximate surface area is 154 Å². The second-order valence-electron chi connectivity index (χ2n) is 6.52. The smallest absolute Gasteiger partial charge is 0.116 e. The van der Waals surface area contributed by atoms with Crippen LogP contribution in [0.25, 0.3) is 22.5 Å². The van der Waals surface area contributed by atoms with E-state index >= 15 is 0 Å². The minimum atomic E-state index is 0.740. The number of nitrogen functional groups attached to an aromatic ring is 1. The van der Waals surface area contributed by atoms with E-state index in [0.717, 1.165) is 67.6 Å². The van der Waals surface area contributed by atoms with Crippen molar-refractivity contribution in [3.63, 3.8) is 0 Å². The maximum atomic E-state index is 6.56. The second kappa shape index (κ2) is 7.72. The fourth-order valence-corrected chi connectivity index (χ4v) is 3.41. The van der Waals surface area contributed by atoms with Gasteiger partial charge in [-0.15, -0.1) is 0 Å². The summed E-state index contributed by atoms with van der Waals surface area (Å²) in [5.41, 5.74) is 11.3. The van der Waals surface area contributed by atoms with Gasteiger partial charge in [0.05, 0.1) is 31.1 Å². The van der Waals surface area contributed by atoms with Crippen LogP contribution in [-0.4, -0.2) is 47.5 Å². The molecule has 5 nitrogen and oxygen atoms in total. The molecule has 0 unspecified atom stereocenters. The van der Waals surface area contributed by atoms with Gasteiger partial charge in [-0.1, -0.05) is 60.7 Å². The second-order valence-corrected chi connectivity index (χ2v) is 6.52. The van der Waals surface area contributed by atoms with E-state index in [-0.39, 0.29) is 0 Å². The maximum Gasteiger partial charge on any atom is 0.116 e. The predicted octanol–water partition coefficient (Wildman–Crippen LogP) is 3.13. The van der Waals surface area contributed by atoms with Crippen LogP contribution in [0.2, 0.25) is 0 Å². The number of aromatic nitrogens is 2. The molecule has 1 aromatic heterocycles. The Morgan fingerprint density at radius 1 is 0.846 bits per heavy atom. The number of nitrogens with two attached hydrogens (primary N) is 1. The summed E-state index contributed by atoms with van der Waals surface area (Å²) < 4.78 is 7.50. The van der Waals surface area contributed by atoms with Crippen molar-refractivity contribution in [1.82, 2.24) is 14.7 Å². The van der Waals surface area contributed by atoms with E-state index < -0.39 is 0 Å². The summed E-state index contributed by atoms with van der Waals surface area (Å²) in [5, 5.41) is 4.87. The zero-order valence-electron chi connectivity index (χ0n) is 14.8. The van der Waals surface area contributed by atoms with Crippen LogP contribution in [0, 0.1) is 0 Å². The quantitative estimate of drug-likeness (QED) is 0.770. The van der Waals surface area contributed by atoms with E-state index in [4.69, 9.17) is 15.6 Å². The Morgan fingerprint density at radius 3 is 2.12 bits per heavy atom. The van der Waals surface area contributed by atoms with Gasteiger partial charge in [-0.25, -0.2) is 0 Å². The van der Waals surface area contributed by atoms with Crippen LogP contribution >= 0.6 is 0 Å². The Morgan fingerprint density at radius 2 is 1.46 bits per heavy atom. The Kier molecular flexibility index (Phi) is 5.00. The molecule has 0 aliphatic carbocycles. The number of hydrogen-bond donors (Lipinski definition) is 1. The lowest BCUT2D eigenvalue weighted by Gasteiger charge is -2.26. The lowest BCUT2D eigenvalue weighted by molar-refractivity contribution is 0.0360. The molecule has 2 heterocycles. The normalized spacial score (nSPS) is 15.2. The molecule has 3 aromatic rings. The molecule has 2 N–H and O–H groups in total. The summed E-state index contributed by atoms with van der Waals surface area (Å²) in [4.78, 5) is 2.42. The molecule has 0 bridgehead atoms. The number of benzene rings is 2. The first-order chi connectivity index (χ1) is 12.8. The van der Waals surface area contributed by atoms with Gasteiger partial charge in [0.15, 0.2) is 0 Å². The highest BCUT2D eigenvalue weighted by Gasteiger charge is 2.19. The molecule has 0 radical (unpaired) electrons. The molecule has 1 aliphatic heterocycles. The van der Waals surface area contributed by atoms with E-state index in [1.807, 2.05) is 36.4 Å². The van der Waals surface area contributed by atoms with Gasteiger partial charge in [0.1, 0.15) is 5.69 Å². The summed E-state index contributed by atoms with van der Waals surface area (Å²) in [6, 6.07) is 20.4. The number of rotatable bonds is 5. The first kappa shape index (κ1) is 16.8. The van der Waals surface area contributed by atoms with Crippen molar-refractivity contribution >= 4 is 5.69 Å². The van der Waals surface area contributed by atoms with Crippen LogP contribution in [-0.2, 0) is 11.3 Å². The van der Waals surface area contributed by atoms with Crippen LogP contribution < -0.4 is 5.73 Å². The molecule has 1 aliphatic rings. The van der Waals surface area contributed by atoms with E-state index in [2.05, 4.69) is 33.8 Å². The molecule has 0 saturated carbocycles. The van der Waals surface area contributed by atoms with Crippen LogP contribution in [0.5, 0.6) is 0 Å². The standard InChI is InChI=1S/C21H24N4O/c22-19-20(17-7-3-1-4-8-17)23-25(12-11-24-13-15-26-16-14-24)21(19)18-9-5-2-6-10-18/h1-10H,11-16,22H2. The van der Waals surface area contributed by atoms with Crippen LogP contribution in [0.15, 0.2) is 60.7 Å². The van der Waals surface area contributed by atoms with Crippen molar-refractivity contribution in [2.45, 2.75) is 6.54 Å². The molecule has 26 heavy (non-hydrogen) atoms. The fraction of sp³-hybridized carbons (Fsp3) is 0.286. The van der Waals surface area contributed by atoms with Gasteiger partial charge in [-0.2, -0.15) is 5.10 Å². The zero-order chi connectivity index (χ0) is 17.8. The molecule has 0 atom stereocenters. The molecular formula is C21H24N4O. The highest BCUT2D eigenvalue weighted by Crippen LogP contribution is 2.34. The first-order valence-corrected chi connectivity index (χ1v) is 9.10. The SMILES string of the molecule is Nc1c(-c2ccccc2)nn(CCN2CCOCC2)c1-c1ccccc1. The number of anilines is 1. The van der Waals surface area contributed by atoms with Gasteiger partial charge in [0, 0.05) is 30.8 Å². The molecule has 0 spiro atoms. The first-order valence-electron chi connectivity index (χ1n) is 9.10. The highest BCUT2D eigenvalue weighted by molar-refractivity contribution is 5.85. The molecule has 2 aromatic carbocycles. The average molecular weight is 348 g/mol. The molecular weight excluding hydrogens is 324 g/mol. The van der Waals surface area contributed by atoms with Crippen molar-refractivity contribution in [3.05, 3.63) is 60.7 Å². The number of hydrogen-bond acceptors (Lipinski definition) is 4. The van der Waals surface area contributed by atoms with Crippen molar-refractivity contribution < 1.29 is 4.74 Å². The number of morpholine rings is 1. The summed E-state index contributed by atoms with van der Waals surface area (Å²) in [5.74, 6) is 0. The summed E-state index contributed by atoms with van der Waals surface area (Å²) in [6.45, 7) is 5.32. The summed E-state index contributed by atoms with van der Waals surface area (Å²) >= 11 is 0. The van der Waals surface area contributed by atoms with Gasteiger partial charge >= 0.3 is 0 Å². The molecule has 134 valence electrons. The molecule has 1 fully saturated rings. The Balaban J connectivity index is 1.69. The third kappa shape index (κ3) is 3.49. The van der Waals surface area contributed by atoms with Crippen molar-refractivity contribution in [2.75, 3.05) is 38.6 Å². The van der Waals surface area contributed by atoms with Gasteiger partial charge in [0.25, 0.3) is 0 Å². The van der Waals surface area contributed by atoms with E-state index in [1.165, 1.54) is 0 Å². The Bertz CT molecular complexity index is 839. The minimum absolute atomic E-state index is 0.740. The van der Waals surface area contributed by atoms with Gasteiger partial charge in [-0.05, 0) is 0 Å². The number of nitrogens with zero attached hydrogens (tertiary/aromatic N) is 3. The lowest BCUT2D eigenvalue weighted by Crippen LogP contribution is -2.38. The van der Waals surface area contributed by atoms with Crippen molar-refractivity contribution in [3.8, 4) is 22.5 Å². The average Bonchev–Trinajstić information content (AvgIpc) is 3.05. The molecule has 4 rings (SSSR count). The summed E-state index contributed by atoms with van der Waals surface area (Å²) in [7, 11) is 0. The van der Waals surface area contributed by atoms with E-state index in [0.29, 0.717) is 0 Å². The molecule has 1 saturated heterocycles. The van der Waals surface area contributed by atoms with Crippen LogP contribution in [0.4, 0.5) is 5.69 Å².